The Morgan fingerprint density at radius 3 is 2.68 bits per heavy atom. The van der Waals surface area contributed by atoms with Crippen molar-refractivity contribution in [2.45, 2.75) is 77.0 Å². The molecule has 2 N–H and O–H groups in total. The molecule has 1 saturated heterocycles. The van der Waals surface area contributed by atoms with Crippen LogP contribution in [0.3, 0.4) is 0 Å². The van der Waals surface area contributed by atoms with Crippen LogP contribution >= 0.6 is 0 Å². The highest BCUT2D eigenvalue weighted by Gasteiger charge is 2.32. The monoisotopic (exact) mass is 518 g/mol. The Balaban J connectivity index is 1.57. The number of carbonyl (C=O) groups excluding carboxylic acids is 2. The molecule has 11 heteroatoms. The molecule has 2 fully saturated rings. The van der Waals surface area contributed by atoms with Crippen LogP contribution in [0.25, 0.3) is 11.6 Å². The summed E-state index contributed by atoms with van der Waals surface area (Å²) < 4.78 is 40.8. The number of pyridine rings is 1. The van der Waals surface area contributed by atoms with Gasteiger partial charge in [-0.3, -0.25) is 9.20 Å². The number of hydrogen-bond acceptors (Lipinski definition) is 7. The van der Waals surface area contributed by atoms with Gasteiger partial charge in [0.2, 0.25) is 5.69 Å². The van der Waals surface area contributed by atoms with Crippen molar-refractivity contribution in [1.29, 1.82) is 0 Å². The van der Waals surface area contributed by atoms with E-state index in [0.29, 0.717) is 25.1 Å². The molecule has 3 heterocycles. The number of aromatic nitrogens is 2. The highest BCUT2D eigenvalue weighted by molar-refractivity contribution is 5.88. The van der Waals surface area contributed by atoms with E-state index in [2.05, 4.69) is 15.6 Å². The third-order valence-corrected chi connectivity index (χ3v) is 6.16. The van der Waals surface area contributed by atoms with Crippen LogP contribution in [0.2, 0.25) is 0 Å². The van der Waals surface area contributed by atoms with Gasteiger partial charge in [-0.1, -0.05) is 12.2 Å². The number of ether oxygens (including phenoxy) is 2. The summed E-state index contributed by atoms with van der Waals surface area (Å²) >= 11 is 0. The van der Waals surface area contributed by atoms with Gasteiger partial charge in [-0.05, 0) is 53.4 Å². The molecule has 1 amide bonds. The summed E-state index contributed by atoms with van der Waals surface area (Å²) in [6.45, 7) is 7.58. The molecular weight excluding hydrogens is 486 g/mol. The minimum Gasteiger partial charge on any atom is -0.461 e. The van der Waals surface area contributed by atoms with Gasteiger partial charge in [-0.15, -0.1) is 0 Å². The molecule has 0 radical (unpaired) electrons. The fraction of sp³-hybridized carbons (Fsp3) is 0.538. The zero-order valence-electron chi connectivity index (χ0n) is 21.4. The van der Waals surface area contributed by atoms with Crippen LogP contribution in [0.15, 0.2) is 17.1 Å². The molecular formula is C26H32F2N4O5. The molecule has 1 saturated carbocycles. The van der Waals surface area contributed by atoms with Crippen LogP contribution in [0.4, 0.5) is 13.6 Å². The zero-order chi connectivity index (χ0) is 26.9. The number of hydrogen-bond donors (Lipinski definition) is 2. The third-order valence-electron chi connectivity index (χ3n) is 6.16. The molecule has 2 aliphatic rings. The predicted octanol–water partition coefficient (Wildman–Crippen LogP) is 3.69. The molecule has 9 nitrogen and oxygen atoms in total. The average molecular weight is 519 g/mol. The first-order valence-corrected chi connectivity index (χ1v) is 12.5. The van der Waals surface area contributed by atoms with E-state index in [9.17, 15) is 18.8 Å². The topological polar surface area (TPSA) is 111 Å². The van der Waals surface area contributed by atoms with E-state index in [1.54, 1.807) is 33.8 Å². The summed E-state index contributed by atoms with van der Waals surface area (Å²) in [5, 5.41) is 6.13. The van der Waals surface area contributed by atoms with Gasteiger partial charge in [-0.2, -0.15) is 0 Å². The number of amides is 1. The second-order valence-electron chi connectivity index (χ2n) is 10.4. The SMILES string of the molecule is CCOC(=O)c1nc(C2CC2)c2c(C=CCC3CC(NC(=O)OC(C)(C)C)CN3)c(F)c(F)cn2c1=O. The molecule has 1 aliphatic carbocycles. The molecule has 200 valence electrons. The molecule has 2 atom stereocenters. The second-order valence-corrected chi connectivity index (χ2v) is 10.4. The summed E-state index contributed by atoms with van der Waals surface area (Å²) in [6, 6.07) is -0.122. The minimum atomic E-state index is -1.21. The van der Waals surface area contributed by atoms with Crippen molar-refractivity contribution in [2.75, 3.05) is 13.2 Å². The smallest absolute Gasteiger partial charge is 0.407 e. The number of rotatable bonds is 7. The number of halogens is 2. The third kappa shape index (κ3) is 6.15. The van der Waals surface area contributed by atoms with Crippen molar-refractivity contribution in [3.8, 4) is 0 Å². The van der Waals surface area contributed by atoms with E-state index in [4.69, 9.17) is 9.47 Å². The van der Waals surface area contributed by atoms with E-state index in [0.717, 1.165) is 23.4 Å². The largest absolute Gasteiger partial charge is 0.461 e. The summed E-state index contributed by atoms with van der Waals surface area (Å²) in [7, 11) is 0. The molecule has 2 aromatic heterocycles. The Labute approximate surface area is 213 Å². The molecule has 4 rings (SSSR count). The summed E-state index contributed by atoms with van der Waals surface area (Å²) in [5.74, 6) is -3.26. The lowest BCUT2D eigenvalue weighted by atomic mass is 10.1. The van der Waals surface area contributed by atoms with Gasteiger partial charge < -0.3 is 20.1 Å². The van der Waals surface area contributed by atoms with Crippen LogP contribution in [0, 0.1) is 11.6 Å². The Morgan fingerprint density at radius 1 is 1.30 bits per heavy atom. The molecule has 1 aliphatic heterocycles. The quantitative estimate of drug-likeness (QED) is 0.538. The molecule has 37 heavy (non-hydrogen) atoms. The summed E-state index contributed by atoms with van der Waals surface area (Å²) in [6.07, 6.45) is 6.06. The number of fused-ring (bicyclic) bond motifs is 1. The van der Waals surface area contributed by atoms with Gasteiger partial charge in [-0.25, -0.2) is 23.4 Å². The van der Waals surface area contributed by atoms with E-state index < -0.39 is 40.6 Å². The van der Waals surface area contributed by atoms with Crippen LogP contribution in [-0.4, -0.2) is 52.3 Å². The summed E-state index contributed by atoms with van der Waals surface area (Å²) in [4.78, 5) is 41.6. The van der Waals surface area contributed by atoms with Crippen molar-refractivity contribution in [1.82, 2.24) is 20.0 Å². The Morgan fingerprint density at radius 2 is 2.03 bits per heavy atom. The Kier molecular flexibility index (Phi) is 7.63. The lowest BCUT2D eigenvalue weighted by molar-refractivity contribution is 0.0501. The van der Waals surface area contributed by atoms with E-state index >= 15 is 4.39 Å². The van der Waals surface area contributed by atoms with Gasteiger partial charge in [0.15, 0.2) is 11.6 Å². The van der Waals surface area contributed by atoms with Gasteiger partial charge >= 0.3 is 12.1 Å². The standard InChI is InChI=1S/C26H32F2N4O5/c1-5-36-24(34)21-23(33)32-13-18(27)19(28)17(22(32)20(31-21)14-9-10-14)8-6-7-15-11-16(12-29-15)30-25(35)37-26(2,3)4/h6,8,13-16,29H,5,7,9-12H2,1-4H3,(H,30,35). The lowest BCUT2D eigenvalue weighted by Gasteiger charge is -2.21. The van der Waals surface area contributed by atoms with Crippen molar-refractivity contribution in [2.24, 2.45) is 0 Å². The number of nitrogens with one attached hydrogen (secondary N) is 2. The first-order valence-electron chi connectivity index (χ1n) is 12.5. The molecule has 2 aromatic rings. The predicted molar refractivity (Wildman–Crippen MR) is 133 cm³/mol. The zero-order valence-corrected chi connectivity index (χ0v) is 21.4. The highest BCUT2D eigenvalue weighted by Crippen LogP contribution is 2.42. The van der Waals surface area contributed by atoms with Gasteiger partial charge in [0, 0.05) is 30.1 Å². The van der Waals surface area contributed by atoms with Crippen LogP contribution in [0.5, 0.6) is 0 Å². The van der Waals surface area contributed by atoms with Crippen molar-refractivity contribution in [3.05, 3.63) is 51.2 Å². The van der Waals surface area contributed by atoms with E-state index in [1.807, 2.05) is 0 Å². The van der Waals surface area contributed by atoms with E-state index in [1.165, 1.54) is 6.08 Å². The molecule has 2 unspecified atom stereocenters. The number of nitrogens with zero attached hydrogens (tertiary/aromatic N) is 2. The number of esters is 1. The van der Waals surface area contributed by atoms with Gasteiger partial charge in [0.25, 0.3) is 5.56 Å². The van der Waals surface area contributed by atoms with Crippen molar-refractivity contribution in [3.63, 3.8) is 0 Å². The van der Waals surface area contributed by atoms with Crippen LogP contribution < -0.4 is 16.2 Å². The minimum absolute atomic E-state index is 0.00163. The molecule has 0 spiro atoms. The number of alkyl carbamates (subject to hydrolysis) is 1. The normalized spacial score (nSPS) is 19.9. The number of carbonyl (C=O) groups is 2. The van der Waals surface area contributed by atoms with Crippen LogP contribution in [-0.2, 0) is 9.47 Å². The Hall–Kier alpha value is -3.34. The first-order chi connectivity index (χ1) is 17.5. The molecule has 0 aromatic carbocycles. The maximum Gasteiger partial charge on any atom is 0.407 e. The van der Waals surface area contributed by atoms with Gasteiger partial charge in [0.1, 0.15) is 5.60 Å². The first kappa shape index (κ1) is 26.7. The average Bonchev–Trinajstić information content (AvgIpc) is 3.56. The fourth-order valence-corrected chi connectivity index (χ4v) is 4.41. The summed E-state index contributed by atoms with van der Waals surface area (Å²) in [5.41, 5.74) is -1.46. The van der Waals surface area contributed by atoms with Crippen molar-refractivity contribution < 1.29 is 27.8 Å². The van der Waals surface area contributed by atoms with Crippen LogP contribution in [0.1, 0.15) is 81.0 Å². The lowest BCUT2D eigenvalue weighted by Crippen LogP contribution is -2.40. The van der Waals surface area contributed by atoms with E-state index in [-0.39, 0.29) is 35.7 Å². The Bertz CT molecular complexity index is 1300. The second kappa shape index (κ2) is 10.6. The fourth-order valence-electron chi connectivity index (χ4n) is 4.41. The maximum absolute atomic E-state index is 15.0. The highest BCUT2D eigenvalue weighted by atomic mass is 19.2. The maximum atomic E-state index is 15.0. The van der Waals surface area contributed by atoms with Gasteiger partial charge in [0.05, 0.1) is 24.0 Å². The van der Waals surface area contributed by atoms with Crippen molar-refractivity contribution >= 4 is 23.7 Å². The molecule has 0 bridgehead atoms.